The zero-order valence-electron chi connectivity index (χ0n) is 13.3. The molecule has 2 aliphatic rings. The number of hydrogen-bond acceptors (Lipinski definition) is 3. The molecule has 1 N–H and O–H groups in total. The van der Waals surface area contributed by atoms with Crippen LogP contribution in [-0.4, -0.2) is 49.4 Å². The summed E-state index contributed by atoms with van der Waals surface area (Å²) in [5.41, 5.74) is 0.251. The van der Waals surface area contributed by atoms with Crippen LogP contribution in [0.25, 0.3) is 0 Å². The van der Waals surface area contributed by atoms with Gasteiger partial charge in [-0.2, -0.15) is 0 Å². The van der Waals surface area contributed by atoms with Crippen molar-refractivity contribution in [3.8, 4) is 0 Å². The Balaban J connectivity index is 1.52. The van der Waals surface area contributed by atoms with E-state index in [0.717, 1.165) is 6.54 Å². The number of carbonyl (C=O) groups excluding carboxylic acids is 2. The Morgan fingerprint density at radius 2 is 2.13 bits per heavy atom. The van der Waals surface area contributed by atoms with Crippen molar-refractivity contribution in [1.29, 1.82) is 0 Å². The second kappa shape index (κ2) is 6.66. The second-order valence-corrected chi connectivity index (χ2v) is 6.36. The predicted molar refractivity (Wildman–Crippen MR) is 85.5 cm³/mol. The molecule has 1 aliphatic heterocycles. The molecule has 2 fully saturated rings. The van der Waals surface area contributed by atoms with E-state index in [1.54, 1.807) is 18.2 Å². The van der Waals surface area contributed by atoms with E-state index >= 15 is 0 Å². The minimum absolute atomic E-state index is 0.124. The number of amides is 2. The zero-order valence-corrected chi connectivity index (χ0v) is 13.3. The van der Waals surface area contributed by atoms with Gasteiger partial charge in [-0.25, -0.2) is 4.39 Å². The number of para-hydroxylation sites is 1. The zero-order chi connectivity index (χ0) is 16.4. The molecule has 124 valence electrons. The van der Waals surface area contributed by atoms with E-state index in [-0.39, 0.29) is 30.5 Å². The molecule has 0 spiro atoms. The molecular weight excluding hydrogens is 297 g/mol. The van der Waals surface area contributed by atoms with Crippen molar-refractivity contribution in [2.45, 2.75) is 25.3 Å². The van der Waals surface area contributed by atoms with Gasteiger partial charge in [-0.05, 0) is 32.0 Å². The van der Waals surface area contributed by atoms with Crippen LogP contribution in [0.3, 0.4) is 0 Å². The summed E-state index contributed by atoms with van der Waals surface area (Å²) in [6.45, 7) is 1.63. The average molecular weight is 319 g/mol. The average Bonchev–Trinajstić information content (AvgIpc) is 3.31. The standard InChI is InChI=1S/C17H22FN3O2/c1-20(13-6-7-13)9-8-19-17(23)12-10-16(22)21(11-12)15-5-3-2-4-14(15)18/h2-5,12-13H,6-11H2,1H3,(H,19,23). The van der Waals surface area contributed by atoms with Gasteiger partial charge in [0.2, 0.25) is 11.8 Å². The molecule has 0 aromatic heterocycles. The van der Waals surface area contributed by atoms with Crippen molar-refractivity contribution >= 4 is 17.5 Å². The lowest BCUT2D eigenvalue weighted by molar-refractivity contribution is -0.126. The Morgan fingerprint density at radius 3 is 2.83 bits per heavy atom. The van der Waals surface area contributed by atoms with Gasteiger partial charge in [0, 0.05) is 32.1 Å². The van der Waals surface area contributed by atoms with Gasteiger partial charge in [0.05, 0.1) is 11.6 Å². The normalized spacial score (nSPS) is 21.1. The highest BCUT2D eigenvalue weighted by Gasteiger charge is 2.36. The summed E-state index contributed by atoms with van der Waals surface area (Å²) in [5.74, 6) is -1.17. The third-order valence-corrected chi connectivity index (χ3v) is 4.57. The second-order valence-electron chi connectivity index (χ2n) is 6.36. The summed E-state index contributed by atoms with van der Waals surface area (Å²) in [7, 11) is 2.06. The van der Waals surface area contributed by atoms with Crippen LogP contribution in [0.15, 0.2) is 24.3 Å². The fraction of sp³-hybridized carbons (Fsp3) is 0.529. The van der Waals surface area contributed by atoms with E-state index in [1.807, 2.05) is 0 Å². The summed E-state index contributed by atoms with van der Waals surface area (Å²) < 4.78 is 13.8. The minimum Gasteiger partial charge on any atom is -0.355 e. The molecule has 0 bridgehead atoms. The Morgan fingerprint density at radius 1 is 1.39 bits per heavy atom. The van der Waals surface area contributed by atoms with Crippen LogP contribution in [0.2, 0.25) is 0 Å². The molecule has 0 radical (unpaired) electrons. The SMILES string of the molecule is CN(CCNC(=O)C1CC(=O)N(c2ccccc2F)C1)C1CC1. The van der Waals surface area contributed by atoms with E-state index in [2.05, 4.69) is 17.3 Å². The van der Waals surface area contributed by atoms with Gasteiger partial charge in [0.25, 0.3) is 0 Å². The van der Waals surface area contributed by atoms with E-state index in [9.17, 15) is 14.0 Å². The largest absolute Gasteiger partial charge is 0.355 e. The summed E-state index contributed by atoms with van der Waals surface area (Å²) in [4.78, 5) is 27.9. The van der Waals surface area contributed by atoms with Gasteiger partial charge >= 0.3 is 0 Å². The van der Waals surface area contributed by atoms with Crippen LogP contribution in [0.5, 0.6) is 0 Å². The maximum absolute atomic E-state index is 13.8. The van der Waals surface area contributed by atoms with Gasteiger partial charge in [0.1, 0.15) is 5.82 Å². The molecule has 1 atom stereocenters. The van der Waals surface area contributed by atoms with Gasteiger partial charge < -0.3 is 15.1 Å². The molecule has 1 aliphatic carbocycles. The highest BCUT2D eigenvalue weighted by atomic mass is 19.1. The van der Waals surface area contributed by atoms with Gasteiger partial charge in [-0.3, -0.25) is 9.59 Å². The molecule has 6 heteroatoms. The minimum atomic E-state index is -0.437. The molecule has 1 saturated heterocycles. The number of hydrogen-bond donors (Lipinski definition) is 1. The maximum Gasteiger partial charge on any atom is 0.227 e. The molecule has 2 amide bonds. The Kier molecular flexibility index (Phi) is 4.61. The predicted octanol–water partition coefficient (Wildman–Crippen LogP) is 1.39. The lowest BCUT2D eigenvalue weighted by Crippen LogP contribution is -2.38. The number of anilines is 1. The molecule has 1 aromatic rings. The Hall–Kier alpha value is -1.95. The number of likely N-dealkylation sites (N-methyl/N-ethyl adjacent to an activating group) is 1. The monoisotopic (exact) mass is 319 g/mol. The molecule has 1 unspecified atom stereocenters. The number of halogens is 1. The molecule has 1 aromatic carbocycles. The first kappa shape index (κ1) is 15.9. The van der Waals surface area contributed by atoms with Crippen molar-refractivity contribution < 1.29 is 14.0 Å². The molecule has 1 heterocycles. The van der Waals surface area contributed by atoms with Crippen molar-refractivity contribution in [1.82, 2.24) is 10.2 Å². The van der Waals surface area contributed by atoms with E-state index < -0.39 is 11.7 Å². The van der Waals surface area contributed by atoms with Crippen LogP contribution in [0.1, 0.15) is 19.3 Å². The third-order valence-electron chi connectivity index (χ3n) is 4.57. The van der Waals surface area contributed by atoms with Gasteiger partial charge in [-0.15, -0.1) is 0 Å². The summed E-state index contributed by atoms with van der Waals surface area (Å²) in [6, 6.07) is 6.82. The van der Waals surface area contributed by atoms with Crippen LogP contribution in [0, 0.1) is 11.7 Å². The van der Waals surface area contributed by atoms with E-state index in [0.29, 0.717) is 12.6 Å². The van der Waals surface area contributed by atoms with Crippen LogP contribution < -0.4 is 10.2 Å². The highest BCUT2D eigenvalue weighted by Crippen LogP contribution is 2.27. The smallest absolute Gasteiger partial charge is 0.227 e. The van der Waals surface area contributed by atoms with Gasteiger partial charge in [-0.1, -0.05) is 12.1 Å². The fourth-order valence-corrected chi connectivity index (χ4v) is 2.98. The molecular formula is C17H22FN3O2. The summed E-state index contributed by atoms with van der Waals surface area (Å²) in [6.07, 6.45) is 2.61. The highest BCUT2D eigenvalue weighted by molar-refractivity contribution is 6.00. The van der Waals surface area contributed by atoms with Crippen molar-refractivity contribution in [2.24, 2.45) is 5.92 Å². The van der Waals surface area contributed by atoms with E-state index in [4.69, 9.17) is 0 Å². The van der Waals surface area contributed by atoms with Crippen LogP contribution >= 0.6 is 0 Å². The number of nitrogens with zero attached hydrogens (tertiary/aromatic N) is 2. The Labute approximate surface area is 135 Å². The quantitative estimate of drug-likeness (QED) is 0.862. The number of nitrogens with one attached hydrogen (secondary N) is 1. The first-order valence-corrected chi connectivity index (χ1v) is 8.09. The Bertz CT molecular complexity index is 603. The van der Waals surface area contributed by atoms with Gasteiger partial charge in [0.15, 0.2) is 0 Å². The van der Waals surface area contributed by atoms with Crippen LogP contribution in [-0.2, 0) is 9.59 Å². The third kappa shape index (κ3) is 3.69. The summed E-state index contributed by atoms with van der Waals surface area (Å²) >= 11 is 0. The maximum atomic E-state index is 13.8. The molecule has 5 nitrogen and oxygen atoms in total. The molecule has 1 saturated carbocycles. The summed E-state index contributed by atoms with van der Waals surface area (Å²) in [5, 5.41) is 2.89. The lowest BCUT2D eigenvalue weighted by atomic mass is 10.1. The molecule has 3 rings (SSSR count). The fourth-order valence-electron chi connectivity index (χ4n) is 2.98. The van der Waals surface area contributed by atoms with Crippen molar-refractivity contribution in [3.63, 3.8) is 0 Å². The number of rotatable bonds is 6. The first-order valence-electron chi connectivity index (χ1n) is 8.09. The van der Waals surface area contributed by atoms with E-state index in [1.165, 1.54) is 23.8 Å². The topological polar surface area (TPSA) is 52.7 Å². The number of carbonyl (C=O) groups is 2. The first-order chi connectivity index (χ1) is 11.1. The van der Waals surface area contributed by atoms with Crippen molar-refractivity contribution in [2.75, 3.05) is 31.6 Å². The van der Waals surface area contributed by atoms with Crippen molar-refractivity contribution in [3.05, 3.63) is 30.1 Å². The molecule has 23 heavy (non-hydrogen) atoms. The number of benzene rings is 1. The van der Waals surface area contributed by atoms with Crippen LogP contribution in [0.4, 0.5) is 10.1 Å². The lowest BCUT2D eigenvalue weighted by Gasteiger charge is -2.18.